The molecule has 0 radical (unpaired) electrons. The van der Waals surface area contributed by atoms with Crippen LogP contribution in [0.1, 0.15) is 0 Å². The summed E-state index contributed by atoms with van der Waals surface area (Å²) < 4.78 is 0. The highest BCUT2D eigenvalue weighted by atomic mass is 16.4. The van der Waals surface area contributed by atoms with Crippen LogP contribution in [-0.4, -0.2) is 35.7 Å². The molecule has 10 heavy (non-hydrogen) atoms. The van der Waals surface area contributed by atoms with Crippen molar-refractivity contribution >= 4 is 5.97 Å². The van der Waals surface area contributed by atoms with Gasteiger partial charge in [-0.2, -0.15) is 0 Å². The van der Waals surface area contributed by atoms with Gasteiger partial charge >= 0.3 is 5.97 Å². The smallest absolute Gasteiger partial charge is 0.308 e. The van der Waals surface area contributed by atoms with Crippen LogP contribution in [-0.2, 0) is 4.79 Å². The minimum Gasteiger partial charge on any atom is -0.481 e. The van der Waals surface area contributed by atoms with Crippen molar-refractivity contribution in [1.29, 1.82) is 0 Å². The van der Waals surface area contributed by atoms with E-state index in [2.05, 4.69) is 5.43 Å². The zero-order chi connectivity index (χ0) is 7.14. The molecular formula is C6H10N2O2. The molecule has 0 spiro atoms. The molecule has 56 valence electrons. The molecule has 2 saturated heterocycles. The lowest BCUT2D eigenvalue weighted by molar-refractivity contribution is -0.143. The Morgan fingerprint density at radius 1 is 1.60 bits per heavy atom. The number of carboxylic acids is 1. The summed E-state index contributed by atoms with van der Waals surface area (Å²) in [4.78, 5) is 10.5. The zero-order valence-corrected chi connectivity index (χ0v) is 5.58. The first-order chi connectivity index (χ1) is 4.77. The molecule has 2 rings (SSSR count). The van der Waals surface area contributed by atoms with Crippen LogP contribution in [0.15, 0.2) is 0 Å². The van der Waals surface area contributed by atoms with E-state index in [-0.39, 0.29) is 5.92 Å². The lowest BCUT2D eigenvalue weighted by Gasteiger charge is -2.18. The number of hydrazine groups is 1. The van der Waals surface area contributed by atoms with Crippen molar-refractivity contribution in [3.8, 4) is 0 Å². The third kappa shape index (κ3) is 0.726. The predicted octanol–water partition coefficient (Wildman–Crippen LogP) is -0.863. The Bertz CT molecular complexity index is 171. The number of rotatable bonds is 1. The molecule has 0 saturated carbocycles. The summed E-state index contributed by atoms with van der Waals surface area (Å²) in [6.45, 7) is 2.44. The molecule has 2 aliphatic heterocycles. The fourth-order valence-electron chi connectivity index (χ4n) is 1.73. The van der Waals surface area contributed by atoms with Gasteiger partial charge in [0, 0.05) is 25.6 Å². The highest BCUT2D eigenvalue weighted by Crippen LogP contribution is 2.26. The van der Waals surface area contributed by atoms with E-state index in [1.165, 1.54) is 0 Å². The fraction of sp³-hybridized carbons (Fsp3) is 0.833. The molecule has 4 heteroatoms. The van der Waals surface area contributed by atoms with E-state index in [0.29, 0.717) is 12.5 Å². The molecule has 2 aliphatic rings. The van der Waals surface area contributed by atoms with Crippen LogP contribution >= 0.6 is 0 Å². The van der Waals surface area contributed by atoms with Gasteiger partial charge in [0.15, 0.2) is 0 Å². The second-order valence-corrected chi connectivity index (χ2v) is 2.97. The Morgan fingerprint density at radius 2 is 2.40 bits per heavy atom. The van der Waals surface area contributed by atoms with E-state index in [4.69, 9.17) is 5.11 Å². The fourth-order valence-corrected chi connectivity index (χ4v) is 1.73. The maximum atomic E-state index is 10.5. The van der Waals surface area contributed by atoms with Crippen molar-refractivity contribution in [2.24, 2.45) is 11.8 Å². The molecule has 2 fully saturated rings. The SMILES string of the molecule is O=C(O)C1CN2CC1CN2. The molecule has 2 N–H and O–H groups in total. The minimum absolute atomic E-state index is 0.124. The van der Waals surface area contributed by atoms with Crippen molar-refractivity contribution in [3.63, 3.8) is 0 Å². The van der Waals surface area contributed by atoms with E-state index in [0.717, 1.165) is 13.1 Å². The van der Waals surface area contributed by atoms with E-state index in [9.17, 15) is 4.79 Å². The number of nitrogens with one attached hydrogen (secondary N) is 1. The number of carbonyl (C=O) groups is 1. The van der Waals surface area contributed by atoms with E-state index < -0.39 is 5.97 Å². The zero-order valence-electron chi connectivity index (χ0n) is 5.58. The summed E-state index contributed by atoms with van der Waals surface area (Å²) in [6.07, 6.45) is 0. The van der Waals surface area contributed by atoms with Crippen LogP contribution in [0.2, 0.25) is 0 Å². The van der Waals surface area contributed by atoms with Gasteiger partial charge in [-0.05, 0) is 0 Å². The summed E-state index contributed by atoms with van der Waals surface area (Å²) in [6, 6.07) is 0. The summed E-state index contributed by atoms with van der Waals surface area (Å²) in [5, 5.41) is 10.7. The lowest BCUT2D eigenvalue weighted by Crippen LogP contribution is -2.39. The summed E-state index contributed by atoms with van der Waals surface area (Å²) in [5.41, 5.74) is 3.11. The van der Waals surface area contributed by atoms with Gasteiger partial charge in [-0.3, -0.25) is 10.2 Å². The molecule has 3 atom stereocenters. The van der Waals surface area contributed by atoms with E-state index >= 15 is 0 Å². The van der Waals surface area contributed by atoms with Crippen molar-refractivity contribution in [2.45, 2.75) is 0 Å². The first-order valence-electron chi connectivity index (χ1n) is 3.48. The normalized spacial score (nSPS) is 44.2. The van der Waals surface area contributed by atoms with Crippen LogP contribution in [0.4, 0.5) is 0 Å². The lowest BCUT2D eigenvalue weighted by atomic mass is 9.96. The van der Waals surface area contributed by atoms with Crippen LogP contribution in [0.3, 0.4) is 0 Å². The van der Waals surface area contributed by atoms with Crippen molar-refractivity contribution in [1.82, 2.24) is 10.4 Å². The molecule has 2 heterocycles. The van der Waals surface area contributed by atoms with Gasteiger partial charge in [-0.15, -0.1) is 0 Å². The largest absolute Gasteiger partial charge is 0.481 e. The van der Waals surface area contributed by atoms with Gasteiger partial charge in [0.2, 0.25) is 0 Å². The molecule has 2 bridgehead atoms. The summed E-state index contributed by atoms with van der Waals surface area (Å²) in [5.74, 6) is -0.423. The molecule has 0 aromatic heterocycles. The number of hydrogen-bond donors (Lipinski definition) is 2. The van der Waals surface area contributed by atoms with Gasteiger partial charge in [-0.1, -0.05) is 0 Å². The number of aliphatic carboxylic acids is 1. The second-order valence-electron chi connectivity index (χ2n) is 2.97. The van der Waals surface area contributed by atoms with Gasteiger partial charge in [0.05, 0.1) is 5.92 Å². The molecule has 0 aromatic carbocycles. The number of fused-ring (bicyclic) bond motifs is 2. The van der Waals surface area contributed by atoms with Gasteiger partial charge in [-0.25, -0.2) is 5.01 Å². The first-order valence-corrected chi connectivity index (χ1v) is 3.48. The van der Waals surface area contributed by atoms with Crippen molar-refractivity contribution in [3.05, 3.63) is 0 Å². The van der Waals surface area contributed by atoms with E-state index in [1.54, 1.807) is 0 Å². The number of carboxylic acid groups (broad SMARTS) is 1. The molecule has 0 aliphatic carbocycles. The number of nitrogens with zero attached hydrogens (tertiary/aromatic N) is 1. The van der Waals surface area contributed by atoms with Crippen molar-refractivity contribution in [2.75, 3.05) is 19.6 Å². The third-order valence-electron chi connectivity index (χ3n) is 2.34. The molecule has 4 nitrogen and oxygen atoms in total. The summed E-state index contributed by atoms with van der Waals surface area (Å²) in [7, 11) is 0. The Balaban J connectivity index is 2.08. The molecule has 0 amide bonds. The molecule has 0 aromatic rings. The maximum absolute atomic E-state index is 10.5. The van der Waals surface area contributed by atoms with Crippen LogP contribution in [0.25, 0.3) is 0 Å². The Morgan fingerprint density at radius 3 is 2.70 bits per heavy atom. The van der Waals surface area contributed by atoms with E-state index in [1.807, 2.05) is 5.01 Å². The van der Waals surface area contributed by atoms with Crippen LogP contribution < -0.4 is 5.43 Å². The number of hydrogen-bond acceptors (Lipinski definition) is 3. The van der Waals surface area contributed by atoms with Gasteiger partial charge in [0.25, 0.3) is 0 Å². The minimum atomic E-state index is -0.644. The Hall–Kier alpha value is -0.610. The highest BCUT2D eigenvalue weighted by Gasteiger charge is 2.41. The second kappa shape index (κ2) is 1.93. The van der Waals surface area contributed by atoms with Crippen LogP contribution in [0.5, 0.6) is 0 Å². The highest BCUT2D eigenvalue weighted by molar-refractivity contribution is 5.71. The first kappa shape index (κ1) is 6.12. The quantitative estimate of drug-likeness (QED) is 0.500. The topological polar surface area (TPSA) is 52.6 Å². The third-order valence-corrected chi connectivity index (χ3v) is 2.34. The standard InChI is InChI=1S/C6H10N2O2/c9-6(10)5-3-8-2-4(5)1-7-8/h4-5,7H,1-3H2,(H,9,10). The molecule has 3 unspecified atom stereocenters. The van der Waals surface area contributed by atoms with Crippen LogP contribution in [0, 0.1) is 11.8 Å². The Kier molecular flexibility index (Phi) is 1.18. The van der Waals surface area contributed by atoms with Gasteiger partial charge in [0.1, 0.15) is 0 Å². The van der Waals surface area contributed by atoms with Crippen molar-refractivity contribution < 1.29 is 9.90 Å². The Labute approximate surface area is 58.8 Å². The average Bonchev–Trinajstić information content (AvgIpc) is 2.44. The molecular weight excluding hydrogens is 132 g/mol. The maximum Gasteiger partial charge on any atom is 0.308 e. The van der Waals surface area contributed by atoms with Gasteiger partial charge < -0.3 is 5.11 Å². The predicted molar refractivity (Wildman–Crippen MR) is 34.2 cm³/mol. The average molecular weight is 142 g/mol. The summed E-state index contributed by atoms with van der Waals surface area (Å²) >= 11 is 0. The monoisotopic (exact) mass is 142 g/mol.